The Kier molecular flexibility index (Phi) is 3.69. The first-order valence-electron chi connectivity index (χ1n) is 6.32. The average molecular weight is 257 g/mol. The Morgan fingerprint density at radius 2 is 1.84 bits per heavy atom. The minimum absolute atomic E-state index is 0.0403. The van der Waals surface area contributed by atoms with Gasteiger partial charge in [-0.2, -0.15) is 5.10 Å². The van der Waals surface area contributed by atoms with Crippen LogP contribution in [0.15, 0.2) is 36.5 Å². The van der Waals surface area contributed by atoms with Gasteiger partial charge in [0.1, 0.15) is 6.04 Å². The van der Waals surface area contributed by atoms with Gasteiger partial charge in [0.2, 0.25) is 5.91 Å². The molecular formula is C15H19N3O. The summed E-state index contributed by atoms with van der Waals surface area (Å²) in [5.74, 6) is 0.0403. The standard InChI is InChI=1S/C15H19N3O/c1-11-5-7-13(8-6-11)14-9-10-18(16-14)12(2)15(19)17(3)4/h5-10,12H,1-4H3/t12-/m1/s1. The monoisotopic (exact) mass is 257 g/mol. The summed E-state index contributed by atoms with van der Waals surface area (Å²) in [6.07, 6.45) is 1.85. The molecule has 0 aliphatic heterocycles. The molecule has 0 radical (unpaired) electrons. The predicted molar refractivity (Wildman–Crippen MR) is 75.8 cm³/mol. The normalized spacial score (nSPS) is 12.2. The molecule has 0 N–H and O–H groups in total. The number of aromatic nitrogens is 2. The second kappa shape index (κ2) is 5.26. The fraction of sp³-hybridized carbons (Fsp3) is 0.333. The lowest BCUT2D eigenvalue weighted by molar-refractivity contribution is -0.131. The molecule has 2 aromatic rings. The van der Waals surface area contributed by atoms with Crippen LogP contribution in [0.3, 0.4) is 0 Å². The van der Waals surface area contributed by atoms with Gasteiger partial charge in [0.05, 0.1) is 5.69 Å². The summed E-state index contributed by atoms with van der Waals surface area (Å²) in [6, 6.07) is 9.85. The molecule has 0 saturated heterocycles. The number of carbonyl (C=O) groups is 1. The fourth-order valence-electron chi connectivity index (χ4n) is 1.92. The Balaban J connectivity index is 2.24. The van der Waals surface area contributed by atoms with Crippen molar-refractivity contribution in [1.82, 2.24) is 14.7 Å². The molecule has 0 spiro atoms. The van der Waals surface area contributed by atoms with Crippen molar-refractivity contribution in [2.45, 2.75) is 19.9 Å². The quantitative estimate of drug-likeness (QED) is 0.847. The first kappa shape index (κ1) is 13.3. The number of rotatable bonds is 3. The van der Waals surface area contributed by atoms with Crippen LogP contribution >= 0.6 is 0 Å². The van der Waals surface area contributed by atoms with Crippen molar-refractivity contribution >= 4 is 5.91 Å². The summed E-state index contributed by atoms with van der Waals surface area (Å²) in [5.41, 5.74) is 3.17. The Morgan fingerprint density at radius 1 is 1.21 bits per heavy atom. The van der Waals surface area contributed by atoms with Gasteiger partial charge in [-0.25, -0.2) is 0 Å². The van der Waals surface area contributed by atoms with Gasteiger partial charge in [-0.15, -0.1) is 0 Å². The molecule has 0 fully saturated rings. The van der Waals surface area contributed by atoms with Gasteiger partial charge >= 0.3 is 0 Å². The van der Waals surface area contributed by atoms with Crippen molar-refractivity contribution in [3.63, 3.8) is 0 Å². The Morgan fingerprint density at radius 3 is 2.42 bits per heavy atom. The van der Waals surface area contributed by atoms with Gasteiger partial charge in [0, 0.05) is 25.9 Å². The summed E-state index contributed by atoms with van der Waals surface area (Å²) < 4.78 is 1.71. The number of carbonyl (C=O) groups excluding carboxylic acids is 1. The highest BCUT2D eigenvalue weighted by Gasteiger charge is 2.17. The number of nitrogens with zero attached hydrogens (tertiary/aromatic N) is 3. The van der Waals surface area contributed by atoms with E-state index in [0.29, 0.717) is 0 Å². The number of hydrogen-bond acceptors (Lipinski definition) is 2. The topological polar surface area (TPSA) is 38.1 Å². The van der Waals surface area contributed by atoms with Crippen molar-refractivity contribution < 1.29 is 4.79 Å². The first-order chi connectivity index (χ1) is 8.99. The number of benzene rings is 1. The van der Waals surface area contributed by atoms with Crippen LogP contribution in [0.4, 0.5) is 0 Å². The SMILES string of the molecule is Cc1ccc(-c2ccn([C@H](C)C(=O)N(C)C)n2)cc1. The molecule has 1 atom stereocenters. The molecule has 0 unspecified atom stereocenters. The lowest BCUT2D eigenvalue weighted by atomic mass is 10.1. The molecule has 1 amide bonds. The molecule has 4 heteroatoms. The van der Waals surface area contributed by atoms with Gasteiger partial charge in [-0.3, -0.25) is 9.48 Å². The maximum Gasteiger partial charge on any atom is 0.246 e. The van der Waals surface area contributed by atoms with E-state index in [-0.39, 0.29) is 11.9 Å². The maximum atomic E-state index is 11.9. The summed E-state index contributed by atoms with van der Waals surface area (Å²) in [7, 11) is 3.51. The minimum atomic E-state index is -0.283. The molecule has 4 nitrogen and oxygen atoms in total. The Bertz CT molecular complexity index is 569. The largest absolute Gasteiger partial charge is 0.347 e. The van der Waals surface area contributed by atoms with Crippen molar-refractivity contribution in [1.29, 1.82) is 0 Å². The van der Waals surface area contributed by atoms with E-state index in [1.165, 1.54) is 5.56 Å². The van der Waals surface area contributed by atoms with Crippen LogP contribution < -0.4 is 0 Å². The zero-order valence-corrected chi connectivity index (χ0v) is 11.8. The van der Waals surface area contributed by atoms with Crippen molar-refractivity contribution in [3.8, 4) is 11.3 Å². The predicted octanol–water partition coefficient (Wildman–Crippen LogP) is 2.51. The van der Waals surface area contributed by atoms with Gasteiger partial charge < -0.3 is 4.90 Å². The van der Waals surface area contributed by atoms with Crippen LogP contribution in [-0.2, 0) is 4.79 Å². The summed E-state index contributed by atoms with van der Waals surface area (Å²) in [6.45, 7) is 3.91. The average Bonchev–Trinajstić information content (AvgIpc) is 2.87. The second-order valence-corrected chi connectivity index (χ2v) is 4.96. The van der Waals surface area contributed by atoms with Crippen LogP contribution in [0.2, 0.25) is 0 Å². The molecule has 0 bridgehead atoms. The number of likely N-dealkylation sites (N-methyl/N-ethyl adjacent to an activating group) is 1. The summed E-state index contributed by atoms with van der Waals surface area (Å²) >= 11 is 0. The number of amides is 1. The molecule has 0 aliphatic carbocycles. The molecule has 1 aromatic carbocycles. The van der Waals surface area contributed by atoms with E-state index in [1.807, 2.05) is 31.3 Å². The van der Waals surface area contributed by atoms with Crippen LogP contribution in [0.5, 0.6) is 0 Å². The van der Waals surface area contributed by atoms with Gasteiger partial charge in [-0.1, -0.05) is 29.8 Å². The van der Waals surface area contributed by atoms with E-state index in [1.54, 1.807) is 23.7 Å². The molecule has 1 heterocycles. The van der Waals surface area contributed by atoms with E-state index >= 15 is 0 Å². The van der Waals surface area contributed by atoms with Gasteiger partial charge in [0.25, 0.3) is 0 Å². The van der Waals surface area contributed by atoms with Crippen molar-refractivity contribution in [3.05, 3.63) is 42.1 Å². The fourth-order valence-corrected chi connectivity index (χ4v) is 1.92. The summed E-state index contributed by atoms with van der Waals surface area (Å²) in [4.78, 5) is 13.5. The van der Waals surface area contributed by atoms with Crippen molar-refractivity contribution in [2.75, 3.05) is 14.1 Å². The number of hydrogen-bond donors (Lipinski definition) is 0. The van der Waals surface area contributed by atoms with E-state index in [2.05, 4.69) is 24.2 Å². The molecule has 2 rings (SSSR count). The highest BCUT2D eigenvalue weighted by atomic mass is 16.2. The number of aryl methyl sites for hydroxylation is 1. The molecule has 1 aromatic heterocycles. The third-order valence-electron chi connectivity index (χ3n) is 3.15. The zero-order chi connectivity index (χ0) is 14.0. The minimum Gasteiger partial charge on any atom is -0.347 e. The van der Waals surface area contributed by atoms with Crippen LogP contribution in [0.1, 0.15) is 18.5 Å². The first-order valence-corrected chi connectivity index (χ1v) is 6.32. The van der Waals surface area contributed by atoms with E-state index < -0.39 is 0 Å². The van der Waals surface area contributed by atoms with Crippen LogP contribution in [-0.4, -0.2) is 34.7 Å². The summed E-state index contributed by atoms with van der Waals surface area (Å²) in [5, 5.41) is 4.48. The third-order valence-corrected chi connectivity index (χ3v) is 3.15. The zero-order valence-electron chi connectivity index (χ0n) is 11.8. The molecule has 100 valence electrons. The van der Waals surface area contributed by atoms with Crippen molar-refractivity contribution in [2.24, 2.45) is 0 Å². The van der Waals surface area contributed by atoms with E-state index in [9.17, 15) is 4.79 Å². The van der Waals surface area contributed by atoms with E-state index in [0.717, 1.165) is 11.3 Å². The second-order valence-electron chi connectivity index (χ2n) is 4.96. The molecular weight excluding hydrogens is 238 g/mol. The Hall–Kier alpha value is -2.10. The Labute approximate surface area is 113 Å². The smallest absolute Gasteiger partial charge is 0.246 e. The van der Waals surface area contributed by atoms with Gasteiger partial charge in [0.15, 0.2) is 0 Å². The highest BCUT2D eigenvalue weighted by Crippen LogP contribution is 2.19. The molecule has 0 saturated carbocycles. The molecule has 19 heavy (non-hydrogen) atoms. The lowest BCUT2D eigenvalue weighted by Crippen LogP contribution is -2.30. The van der Waals surface area contributed by atoms with Crippen LogP contribution in [0, 0.1) is 6.92 Å². The van der Waals surface area contributed by atoms with Gasteiger partial charge in [-0.05, 0) is 19.9 Å². The third kappa shape index (κ3) is 2.84. The van der Waals surface area contributed by atoms with E-state index in [4.69, 9.17) is 0 Å². The lowest BCUT2D eigenvalue weighted by Gasteiger charge is -2.16. The maximum absolute atomic E-state index is 11.9. The van der Waals surface area contributed by atoms with Crippen LogP contribution in [0.25, 0.3) is 11.3 Å². The highest BCUT2D eigenvalue weighted by molar-refractivity contribution is 5.79. The molecule has 0 aliphatic rings.